The van der Waals surface area contributed by atoms with E-state index < -0.39 is 0 Å². The molecule has 0 aliphatic carbocycles. The zero-order chi connectivity index (χ0) is 10.6. The Hall–Kier alpha value is -0.450. The Bertz CT molecular complexity index is 304. The van der Waals surface area contributed by atoms with Crippen molar-refractivity contribution in [1.82, 2.24) is 5.32 Å². The highest BCUT2D eigenvalue weighted by Crippen LogP contribution is 2.21. The molecule has 4 heteroatoms. The summed E-state index contributed by atoms with van der Waals surface area (Å²) in [5.74, 6) is -0.190. The van der Waals surface area contributed by atoms with E-state index in [1.807, 2.05) is 6.92 Å². The molecule has 0 heterocycles. The quantitative estimate of drug-likeness (QED) is 0.872. The van der Waals surface area contributed by atoms with E-state index in [2.05, 4.69) is 21.2 Å². The maximum atomic E-state index is 13.4. The third-order valence-electron chi connectivity index (χ3n) is 2.02. The summed E-state index contributed by atoms with van der Waals surface area (Å²) in [5, 5.41) is 3.13. The molecule has 1 aromatic carbocycles. The van der Waals surface area contributed by atoms with Gasteiger partial charge in [0, 0.05) is 29.2 Å². The summed E-state index contributed by atoms with van der Waals surface area (Å²) >= 11 is 3.31. The van der Waals surface area contributed by atoms with E-state index in [4.69, 9.17) is 5.73 Å². The number of halogens is 2. The first-order valence-electron chi connectivity index (χ1n) is 4.53. The third kappa shape index (κ3) is 3.04. The lowest BCUT2D eigenvalue weighted by molar-refractivity contribution is 0.533. The van der Waals surface area contributed by atoms with Gasteiger partial charge in [-0.2, -0.15) is 0 Å². The first kappa shape index (κ1) is 11.6. The lowest BCUT2D eigenvalue weighted by atomic mass is 10.1. The summed E-state index contributed by atoms with van der Waals surface area (Å²) in [7, 11) is 0. The van der Waals surface area contributed by atoms with Crippen LogP contribution in [0, 0.1) is 5.82 Å². The van der Waals surface area contributed by atoms with E-state index in [1.54, 1.807) is 12.1 Å². The molecule has 0 saturated carbocycles. The molecule has 0 aliphatic rings. The lowest BCUT2D eigenvalue weighted by Crippen LogP contribution is -2.26. The molecule has 78 valence electrons. The second-order valence-electron chi connectivity index (χ2n) is 3.13. The Morgan fingerprint density at radius 1 is 1.57 bits per heavy atom. The van der Waals surface area contributed by atoms with Crippen LogP contribution in [-0.4, -0.2) is 13.1 Å². The summed E-state index contributed by atoms with van der Waals surface area (Å²) in [6.45, 7) is 3.16. The minimum atomic E-state index is -0.190. The number of hydrogen-bond donors (Lipinski definition) is 2. The van der Waals surface area contributed by atoms with Crippen molar-refractivity contribution in [1.29, 1.82) is 0 Å². The molecule has 0 aliphatic heterocycles. The van der Waals surface area contributed by atoms with Crippen LogP contribution in [0.3, 0.4) is 0 Å². The van der Waals surface area contributed by atoms with Crippen molar-refractivity contribution < 1.29 is 4.39 Å². The summed E-state index contributed by atoms with van der Waals surface area (Å²) in [4.78, 5) is 0. The standard InChI is InChI=1S/C10H14BrFN2/c1-7(14-5-4-13)9-6-8(11)2-3-10(9)12/h2-3,6-7,14H,4-5,13H2,1H3. The van der Waals surface area contributed by atoms with E-state index in [0.717, 1.165) is 4.47 Å². The van der Waals surface area contributed by atoms with Crippen molar-refractivity contribution in [3.63, 3.8) is 0 Å². The van der Waals surface area contributed by atoms with Crippen molar-refractivity contribution >= 4 is 15.9 Å². The van der Waals surface area contributed by atoms with Crippen LogP contribution in [0.25, 0.3) is 0 Å². The Morgan fingerprint density at radius 2 is 2.29 bits per heavy atom. The van der Waals surface area contributed by atoms with Gasteiger partial charge in [0.1, 0.15) is 5.82 Å². The van der Waals surface area contributed by atoms with Crippen molar-refractivity contribution in [3.8, 4) is 0 Å². The predicted molar refractivity (Wildman–Crippen MR) is 59.6 cm³/mol. The highest BCUT2D eigenvalue weighted by atomic mass is 79.9. The van der Waals surface area contributed by atoms with Gasteiger partial charge in [0.25, 0.3) is 0 Å². The molecule has 0 saturated heterocycles. The maximum absolute atomic E-state index is 13.4. The molecule has 14 heavy (non-hydrogen) atoms. The lowest BCUT2D eigenvalue weighted by Gasteiger charge is -2.14. The van der Waals surface area contributed by atoms with Crippen LogP contribution in [0.15, 0.2) is 22.7 Å². The zero-order valence-electron chi connectivity index (χ0n) is 8.06. The maximum Gasteiger partial charge on any atom is 0.128 e. The molecule has 1 aromatic rings. The van der Waals surface area contributed by atoms with Crippen LogP contribution in [0.4, 0.5) is 4.39 Å². The first-order valence-corrected chi connectivity index (χ1v) is 5.33. The average Bonchev–Trinajstić information content (AvgIpc) is 2.18. The van der Waals surface area contributed by atoms with Gasteiger partial charge in [-0.25, -0.2) is 4.39 Å². The Morgan fingerprint density at radius 3 is 2.93 bits per heavy atom. The summed E-state index contributed by atoms with van der Waals surface area (Å²) in [5.41, 5.74) is 6.02. The first-order chi connectivity index (χ1) is 6.65. The monoisotopic (exact) mass is 260 g/mol. The van der Waals surface area contributed by atoms with E-state index >= 15 is 0 Å². The molecule has 0 spiro atoms. The SMILES string of the molecule is CC(NCCN)c1cc(Br)ccc1F. The Balaban J connectivity index is 2.77. The fourth-order valence-electron chi connectivity index (χ4n) is 1.26. The second-order valence-corrected chi connectivity index (χ2v) is 4.05. The largest absolute Gasteiger partial charge is 0.329 e. The van der Waals surface area contributed by atoms with E-state index in [-0.39, 0.29) is 11.9 Å². The smallest absolute Gasteiger partial charge is 0.128 e. The molecule has 1 unspecified atom stereocenters. The Labute approximate surface area is 91.8 Å². The molecule has 1 rings (SSSR count). The van der Waals surface area contributed by atoms with Gasteiger partial charge in [-0.15, -0.1) is 0 Å². The minimum Gasteiger partial charge on any atom is -0.329 e. The molecule has 0 aromatic heterocycles. The van der Waals surface area contributed by atoms with Gasteiger partial charge in [0.05, 0.1) is 0 Å². The molecular weight excluding hydrogens is 247 g/mol. The number of hydrogen-bond acceptors (Lipinski definition) is 2. The minimum absolute atomic E-state index is 0.0175. The number of nitrogens with two attached hydrogens (primary N) is 1. The van der Waals surface area contributed by atoms with Crippen LogP contribution in [0.5, 0.6) is 0 Å². The van der Waals surface area contributed by atoms with Gasteiger partial charge >= 0.3 is 0 Å². The van der Waals surface area contributed by atoms with Crippen LogP contribution in [0.1, 0.15) is 18.5 Å². The molecule has 3 N–H and O–H groups in total. The molecular formula is C10H14BrFN2. The van der Waals surface area contributed by atoms with Gasteiger partial charge in [0.15, 0.2) is 0 Å². The highest BCUT2D eigenvalue weighted by Gasteiger charge is 2.09. The van der Waals surface area contributed by atoms with Crippen LogP contribution < -0.4 is 11.1 Å². The average molecular weight is 261 g/mol. The van der Waals surface area contributed by atoms with E-state index in [9.17, 15) is 4.39 Å². The topological polar surface area (TPSA) is 38.0 Å². The van der Waals surface area contributed by atoms with Crippen molar-refractivity contribution in [2.24, 2.45) is 5.73 Å². The fourth-order valence-corrected chi connectivity index (χ4v) is 1.64. The number of nitrogens with one attached hydrogen (secondary N) is 1. The summed E-state index contributed by atoms with van der Waals surface area (Å²) in [6.07, 6.45) is 0. The van der Waals surface area contributed by atoms with Gasteiger partial charge in [-0.05, 0) is 25.1 Å². The van der Waals surface area contributed by atoms with Crippen LogP contribution in [0.2, 0.25) is 0 Å². The molecule has 2 nitrogen and oxygen atoms in total. The van der Waals surface area contributed by atoms with Crippen molar-refractivity contribution in [2.75, 3.05) is 13.1 Å². The molecule has 0 radical (unpaired) electrons. The summed E-state index contributed by atoms with van der Waals surface area (Å²) in [6, 6.07) is 4.91. The molecule has 0 bridgehead atoms. The predicted octanol–water partition coefficient (Wildman–Crippen LogP) is 2.20. The number of benzene rings is 1. The molecule has 1 atom stereocenters. The Kier molecular flexibility index (Phi) is 4.51. The van der Waals surface area contributed by atoms with Gasteiger partial charge in [-0.1, -0.05) is 15.9 Å². The van der Waals surface area contributed by atoms with Crippen molar-refractivity contribution in [2.45, 2.75) is 13.0 Å². The van der Waals surface area contributed by atoms with Gasteiger partial charge in [-0.3, -0.25) is 0 Å². The second kappa shape index (κ2) is 5.44. The fraction of sp³-hybridized carbons (Fsp3) is 0.400. The molecule has 0 amide bonds. The molecule has 0 fully saturated rings. The van der Waals surface area contributed by atoms with E-state index in [1.165, 1.54) is 6.07 Å². The normalized spacial score (nSPS) is 12.9. The van der Waals surface area contributed by atoms with E-state index in [0.29, 0.717) is 18.7 Å². The van der Waals surface area contributed by atoms with Crippen LogP contribution in [-0.2, 0) is 0 Å². The highest BCUT2D eigenvalue weighted by molar-refractivity contribution is 9.10. The third-order valence-corrected chi connectivity index (χ3v) is 2.51. The van der Waals surface area contributed by atoms with Crippen molar-refractivity contribution in [3.05, 3.63) is 34.1 Å². The number of rotatable bonds is 4. The van der Waals surface area contributed by atoms with Gasteiger partial charge < -0.3 is 11.1 Å². The van der Waals surface area contributed by atoms with Crippen LogP contribution >= 0.6 is 15.9 Å². The zero-order valence-corrected chi connectivity index (χ0v) is 9.64. The summed E-state index contributed by atoms with van der Waals surface area (Å²) < 4.78 is 14.2. The van der Waals surface area contributed by atoms with Gasteiger partial charge in [0.2, 0.25) is 0 Å².